The first kappa shape index (κ1) is 20.1. The molecule has 1 saturated heterocycles. The first-order valence-corrected chi connectivity index (χ1v) is 11.2. The highest BCUT2D eigenvalue weighted by Gasteiger charge is 2.18. The van der Waals surface area contributed by atoms with Gasteiger partial charge in [0.15, 0.2) is 5.65 Å². The average molecular weight is 448 g/mol. The van der Waals surface area contributed by atoms with Crippen molar-refractivity contribution in [3.05, 3.63) is 83.9 Å². The highest BCUT2D eigenvalue weighted by atomic mass is 16.2. The number of carbonyl (C=O) groups excluding carboxylic acids is 1. The molecule has 2 N–H and O–H groups in total. The van der Waals surface area contributed by atoms with Gasteiger partial charge in [-0.25, -0.2) is 14.5 Å². The monoisotopic (exact) mass is 447 g/mol. The van der Waals surface area contributed by atoms with Crippen LogP contribution in [0, 0.1) is 11.8 Å². The van der Waals surface area contributed by atoms with E-state index in [2.05, 4.69) is 32.1 Å². The first-order valence-electron chi connectivity index (χ1n) is 11.2. The first-order chi connectivity index (χ1) is 16.8. The smallest absolute Gasteiger partial charge is 0.253 e. The number of benzene rings is 1. The van der Waals surface area contributed by atoms with E-state index < -0.39 is 0 Å². The van der Waals surface area contributed by atoms with Crippen LogP contribution in [0.5, 0.6) is 0 Å². The summed E-state index contributed by atoms with van der Waals surface area (Å²) in [5.41, 5.74) is 5.52. The molecule has 1 aromatic carbocycles. The molecule has 1 fully saturated rings. The van der Waals surface area contributed by atoms with Gasteiger partial charge in [0, 0.05) is 60.6 Å². The third kappa shape index (κ3) is 3.68. The van der Waals surface area contributed by atoms with Crippen molar-refractivity contribution >= 4 is 22.6 Å². The summed E-state index contributed by atoms with van der Waals surface area (Å²) in [6.45, 7) is 3.14. The summed E-state index contributed by atoms with van der Waals surface area (Å²) in [4.78, 5) is 26.5. The van der Waals surface area contributed by atoms with Crippen molar-refractivity contribution < 1.29 is 4.79 Å². The van der Waals surface area contributed by atoms with Crippen LogP contribution >= 0.6 is 0 Å². The van der Waals surface area contributed by atoms with Crippen molar-refractivity contribution in [1.29, 1.82) is 0 Å². The van der Waals surface area contributed by atoms with E-state index in [1.165, 1.54) is 0 Å². The Balaban J connectivity index is 1.29. The summed E-state index contributed by atoms with van der Waals surface area (Å²) in [5.74, 6) is 6.48. The van der Waals surface area contributed by atoms with Gasteiger partial charge in [-0.1, -0.05) is 18.1 Å². The van der Waals surface area contributed by atoms with Crippen molar-refractivity contribution in [3.8, 4) is 23.1 Å². The SMILES string of the molecule is O=C(c1ccc(-c2ccc3ncc(C#Cc4ccnc5[nH]ccc45)n3n2)cc1)N1CCNCC1. The van der Waals surface area contributed by atoms with Gasteiger partial charge in [-0.3, -0.25) is 4.79 Å². The second-order valence-electron chi connectivity index (χ2n) is 8.10. The molecule has 34 heavy (non-hydrogen) atoms. The predicted octanol–water partition coefficient (Wildman–Crippen LogP) is 2.72. The number of hydrogen-bond acceptors (Lipinski definition) is 5. The van der Waals surface area contributed by atoms with Gasteiger partial charge in [-0.2, -0.15) is 5.10 Å². The second-order valence-corrected chi connectivity index (χ2v) is 8.10. The van der Waals surface area contributed by atoms with E-state index in [-0.39, 0.29) is 5.91 Å². The Morgan fingerprint density at radius 1 is 0.941 bits per heavy atom. The lowest BCUT2D eigenvalue weighted by molar-refractivity contribution is 0.0736. The van der Waals surface area contributed by atoms with E-state index in [4.69, 9.17) is 5.10 Å². The van der Waals surface area contributed by atoms with E-state index in [0.29, 0.717) is 11.3 Å². The maximum atomic E-state index is 12.7. The molecule has 5 heterocycles. The lowest BCUT2D eigenvalue weighted by Crippen LogP contribution is -2.46. The van der Waals surface area contributed by atoms with Gasteiger partial charge in [-0.05, 0) is 42.3 Å². The summed E-state index contributed by atoms with van der Waals surface area (Å²) in [7, 11) is 0. The van der Waals surface area contributed by atoms with Gasteiger partial charge in [0.2, 0.25) is 0 Å². The number of piperazine rings is 1. The van der Waals surface area contributed by atoms with Crippen molar-refractivity contribution in [1.82, 2.24) is 34.8 Å². The fourth-order valence-electron chi connectivity index (χ4n) is 4.15. The number of H-pyrrole nitrogens is 1. The predicted molar refractivity (Wildman–Crippen MR) is 129 cm³/mol. The molecule has 6 rings (SSSR count). The average Bonchev–Trinajstić information content (AvgIpc) is 3.55. The molecule has 0 saturated carbocycles. The zero-order chi connectivity index (χ0) is 22.9. The third-order valence-electron chi connectivity index (χ3n) is 5.98. The molecule has 0 radical (unpaired) electrons. The van der Waals surface area contributed by atoms with Crippen molar-refractivity contribution in [2.75, 3.05) is 26.2 Å². The van der Waals surface area contributed by atoms with E-state index >= 15 is 0 Å². The highest BCUT2D eigenvalue weighted by molar-refractivity contribution is 5.94. The number of imidazole rings is 1. The minimum absolute atomic E-state index is 0.0660. The number of pyridine rings is 1. The Morgan fingerprint density at radius 2 is 1.79 bits per heavy atom. The van der Waals surface area contributed by atoms with Crippen LogP contribution in [0.25, 0.3) is 27.9 Å². The molecule has 5 aromatic rings. The second kappa shape index (κ2) is 8.46. The molecule has 4 aromatic heterocycles. The number of nitrogens with one attached hydrogen (secondary N) is 2. The largest absolute Gasteiger partial charge is 0.346 e. The van der Waals surface area contributed by atoms with Crippen LogP contribution in [0.3, 0.4) is 0 Å². The Hall–Kier alpha value is -4.48. The Morgan fingerprint density at radius 3 is 2.65 bits per heavy atom. The fraction of sp³-hybridized carbons (Fsp3) is 0.154. The van der Waals surface area contributed by atoms with Crippen LogP contribution in [-0.4, -0.2) is 61.6 Å². The van der Waals surface area contributed by atoms with Crippen LogP contribution < -0.4 is 5.32 Å². The molecule has 1 amide bonds. The lowest BCUT2D eigenvalue weighted by Gasteiger charge is -2.27. The molecule has 0 aliphatic carbocycles. The summed E-state index contributed by atoms with van der Waals surface area (Å²) in [5, 5.41) is 9.01. The number of aromatic amines is 1. The highest BCUT2D eigenvalue weighted by Crippen LogP contribution is 2.20. The molecule has 0 unspecified atom stereocenters. The van der Waals surface area contributed by atoms with Crippen molar-refractivity contribution in [3.63, 3.8) is 0 Å². The standard InChI is InChI=1S/C26H21N7O/c34-26(32-15-13-27-14-16-32)20-3-1-19(2-4-20)23-7-8-24-30-17-21(33(24)31-23)6-5-18-9-11-28-25-22(18)10-12-29-25/h1-4,7-12,17,27H,13-16H2,(H,28,29). The van der Waals surface area contributed by atoms with Gasteiger partial charge in [0.05, 0.1) is 11.9 Å². The summed E-state index contributed by atoms with van der Waals surface area (Å²) < 4.78 is 1.75. The van der Waals surface area contributed by atoms with Crippen molar-refractivity contribution in [2.24, 2.45) is 0 Å². The van der Waals surface area contributed by atoms with Gasteiger partial charge in [0.25, 0.3) is 5.91 Å². The lowest BCUT2D eigenvalue weighted by atomic mass is 10.1. The van der Waals surface area contributed by atoms with Gasteiger partial charge in [0.1, 0.15) is 11.3 Å². The topological polar surface area (TPSA) is 91.2 Å². The molecule has 0 atom stereocenters. The van der Waals surface area contributed by atoms with Gasteiger partial charge < -0.3 is 15.2 Å². The Labute approximate surface area is 195 Å². The van der Waals surface area contributed by atoms with Crippen LogP contribution in [0.15, 0.2) is 67.1 Å². The molecule has 1 aliphatic rings. The van der Waals surface area contributed by atoms with E-state index in [1.54, 1.807) is 16.9 Å². The van der Waals surface area contributed by atoms with Crippen molar-refractivity contribution in [2.45, 2.75) is 0 Å². The van der Waals surface area contributed by atoms with Gasteiger partial charge >= 0.3 is 0 Å². The number of rotatable bonds is 2. The number of nitrogens with zero attached hydrogens (tertiary/aromatic N) is 5. The molecule has 166 valence electrons. The summed E-state index contributed by atoms with van der Waals surface area (Å²) in [6.07, 6.45) is 5.32. The van der Waals surface area contributed by atoms with E-state index in [1.807, 2.05) is 59.6 Å². The number of hydrogen-bond donors (Lipinski definition) is 2. The Bertz CT molecular complexity index is 1560. The quantitative estimate of drug-likeness (QED) is 0.406. The van der Waals surface area contributed by atoms with Crippen LogP contribution in [0.2, 0.25) is 0 Å². The van der Waals surface area contributed by atoms with Crippen LogP contribution in [-0.2, 0) is 0 Å². The fourth-order valence-corrected chi connectivity index (χ4v) is 4.15. The Kier molecular flexibility index (Phi) is 5.02. The molecule has 1 aliphatic heterocycles. The minimum atomic E-state index is 0.0660. The zero-order valence-electron chi connectivity index (χ0n) is 18.3. The molecular formula is C26H21N7O. The minimum Gasteiger partial charge on any atom is -0.346 e. The maximum Gasteiger partial charge on any atom is 0.253 e. The molecule has 8 nitrogen and oxygen atoms in total. The molecular weight excluding hydrogens is 426 g/mol. The molecule has 0 spiro atoms. The number of amides is 1. The van der Waals surface area contributed by atoms with Crippen LogP contribution in [0.1, 0.15) is 21.6 Å². The summed E-state index contributed by atoms with van der Waals surface area (Å²) in [6, 6.07) is 15.3. The number of aromatic nitrogens is 5. The number of fused-ring (bicyclic) bond motifs is 2. The van der Waals surface area contributed by atoms with E-state index in [9.17, 15) is 4.79 Å². The molecule has 8 heteroatoms. The van der Waals surface area contributed by atoms with Gasteiger partial charge in [-0.15, -0.1) is 0 Å². The normalized spacial score (nSPS) is 13.7. The summed E-state index contributed by atoms with van der Waals surface area (Å²) >= 11 is 0. The van der Waals surface area contributed by atoms with Crippen LogP contribution in [0.4, 0.5) is 0 Å². The maximum absolute atomic E-state index is 12.7. The van der Waals surface area contributed by atoms with E-state index in [0.717, 1.165) is 59.7 Å². The third-order valence-corrected chi connectivity index (χ3v) is 5.98. The number of carbonyl (C=O) groups is 1. The zero-order valence-corrected chi connectivity index (χ0v) is 18.3. The molecule has 0 bridgehead atoms.